The van der Waals surface area contributed by atoms with Crippen LogP contribution in [-0.4, -0.2) is 46.1 Å². The van der Waals surface area contributed by atoms with Crippen LogP contribution in [0.25, 0.3) is 0 Å². The second-order valence-corrected chi connectivity index (χ2v) is 7.22. The van der Waals surface area contributed by atoms with E-state index in [1.54, 1.807) is 7.05 Å². The van der Waals surface area contributed by atoms with Crippen molar-refractivity contribution in [1.82, 2.24) is 9.62 Å². The summed E-state index contributed by atoms with van der Waals surface area (Å²) >= 11 is 0. The van der Waals surface area contributed by atoms with Crippen LogP contribution in [0.15, 0.2) is 23.1 Å². The van der Waals surface area contributed by atoms with Crippen LogP contribution >= 0.6 is 0 Å². The molecule has 1 aromatic carbocycles. The van der Waals surface area contributed by atoms with Gasteiger partial charge < -0.3 is 10.1 Å². The monoisotopic (exact) mass is 316 g/mol. The van der Waals surface area contributed by atoms with Crippen LogP contribution in [0, 0.1) is 5.82 Å². The predicted octanol–water partition coefficient (Wildman–Crippen LogP) is 1.34. The molecular weight excluding hydrogens is 295 g/mol. The van der Waals surface area contributed by atoms with Crippen LogP contribution in [-0.2, 0) is 21.3 Å². The number of ether oxygens (including phenoxy) is 1. The van der Waals surface area contributed by atoms with E-state index >= 15 is 0 Å². The lowest BCUT2D eigenvalue weighted by molar-refractivity contribution is 0.0979. The number of likely N-dealkylation sites (N-methyl/N-ethyl adjacent to an activating group) is 1. The summed E-state index contributed by atoms with van der Waals surface area (Å²) in [6.07, 6.45) is 1.72. The molecule has 0 saturated carbocycles. The highest BCUT2D eigenvalue weighted by Crippen LogP contribution is 2.22. The Kier molecular flexibility index (Phi) is 5.32. The van der Waals surface area contributed by atoms with Gasteiger partial charge in [-0.25, -0.2) is 12.8 Å². The Morgan fingerprint density at radius 2 is 2.24 bits per heavy atom. The first-order chi connectivity index (χ1) is 9.95. The number of nitrogens with one attached hydrogen (secondary N) is 1. The van der Waals surface area contributed by atoms with E-state index in [4.69, 9.17) is 4.74 Å². The number of sulfonamides is 1. The highest BCUT2D eigenvalue weighted by atomic mass is 32.2. The molecule has 1 N–H and O–H groups in total. The second kappa shape index (κ2) is 6.83. The van der Waals surface area contributed by atoms with E-state index in [1.165, 1.54) is 23.5 Å². The average molecular weight is 316 g/mol. The standard InChI is InChI=1S/C14H21FN2O3S/c1-16-9-11-5-6-12(15)8-14(11)21(18,19)17(2)10-13-4-3-7-20-13/h5-6,8,13,16H,3-4,7,9-10H2,1-2H3. The van der Waals surface area contributed by atoms with Gasteiger partial charge in [-0.3, -0.25) is 0 Å². The smallest absolute Gasteiger partial charge is 0.243 e. The van der Waals surface area contributed by atoms with Gasteiger partial charge in [-0.15, -0.1) is 0 Å². The lowest BCUT2D eigenvalue weighted by atomic mass is 10.2. The molecule has 1 aliphatic rings. The fraction of sp³-hybridized carbons (Fsp3) is 0.571. The van der Waals surface area contributed by atoms with Gasteiger partial charge in [0.2, 0.25) is 10.0 Å². The molecule has 1 fully saturated rings. The molecule has 7 heteroatoms. The van der Waals surface area contributed by atoms with Crippen LogP contribution in [0.2, 0.25) is 0 Å². The molecule has 0 amide bonds. The number of benzene rings is 1. The van der Waals surface area contributed by atoms with E-state index in [9.17, 15) is 12.8 Å². The molecule has 1 heterocycles. The fourth-order valence-electron chi connectivity index (χ4n) is 2.45. The molecule has 21 heavy (non-hydrogen) atoms. The quantitative estimate of drug-likeness (QED) is 0.860. The zero-order valence-electron chi connectivity index (χ0n) is 12.3. The number of nitrogens with zero attached hydrogens (tertiary/aromatic N) is 1. The van der Waals surface area contributed by atoms with Crippen molar-refractivity contribution in [1.29, 1.82) is 0 Å². The van der Waals surface area contributed by atoms with Gasteiger partial charge in [-0.1, -0.05) is 6.07 Å². The largest absolute Gasteiger partial charge is 0.377 e. The summed E-state index contributed by atoms with van der Waals surface area (Å²) in [5, 5.41) is 2.90. The Hall–Kier alpha value is -1.02. The maximum Gasteiger partial charge on any atom is 0.243 e. The highest BCUT2D eigenvalue weighted by Gasteiger charge is 2.28. The zero-order chi connectivity index (χ0) is 15.5. The van der Waals surface area contributed by atoms with Crippen molar-refractivity contribution >= 4 is 10.0 Å². The van der Waals surface area contributed by atoms with E-state index in [2.05, 4.69) is 5.32 Å². The summed E-state index contributed by atoms with van der Waals surface area (Å²) in [6, 6.07) is 3.85. The van der Waals surface area contributed by atoms with Crippen LogP contribution < -0.4 is 5.32 Å². The van der Waals surface area contributed by atoms with Crippen LogP contribution in [0.4, 0.5) is 4.39 Å². The first-order valence-electron chi connectivity index (χ1n) is 6.96. The summed E-state index contributed by atoms with van der Waals surface area (Å²) in [5.74, 6) is -0.557. The summed E-state index contributed by atoms with van der Waals surface area (Å²) < 4.78 is 45.5. The number of halogens is 1. The van der Waals surface area contributed by atoms with E-state index in [1.807, 2.05) is 0 Å². The third-order valence-corrected chi connectivity index (χ3v) is 5.47. The lowest BCUT2D eigenvalue weighted by Crippen LogP contribution is -2.34. The SMILES string of the molecule is CNCc1ccc(F)cc1S(=O)(=O)N(C)CC1CCCO1. The molecule has 1 aromatic rings. The van der Waals surface area contributed by atoms with Gasteiger partial charge in [-0.2, -0.15) is 4.31 Å². The van der Waals surface area contributed by atoms with E-state index in [-0.39, 0.29) is 17.5 Å². The van der Waals surface area contributed by atoms with Gasteiger partial charge in [0, 0.05) is 26.7 Å². The Bertz CT molecular complexity index is 586. The van der Waals surface area contributed by atoms with Crippen molar-refractivity contribution in [2.24, 2.45) is 0 Å². The first-order valence-corrected chi connectivity index (χ1v) is 8.40. The van der Waals surface area contributed by atoms with Gasteiger partial charge >= 0.3 is 0 Å². The molecule has 2 rings (SSSR count). The van der Waals surface area contributed by atoms with E-state index in [0.717, 1.165) is 18.9 Å². The van der Waals surface area contributed by atoms with E-state index < -0.39 is 15.8 Å². The fourth-order valence-corrected chi connectivity index (χ4v) is 3.88. The van der Waals surface area contributed by atoms with Gasteiger partial charge in [0.15, 0.2) is 0 Å². The average Bonchev–Trinajstić information content (AvgIpc) is 2.93. The minimum absolute atomic E-state index is 0.0114. The molecule has 5 nitrogen and oxygen atoms in total. The Balaban J connectivity index is 2.26. The van der Waals surface area contributed by atoms with Gasteiger partial charge in [0.05, 0.1) is 11.0 Å². The van der Waals surface area contributed by atoms with Crippen molar-refractivity contribution in [2.45, 2.75) is 30.4 Å². The van der Waals surface area contributed by atoms with Crippen LogP contribution in [0.1, 0.15) is 18.4 Å². The van der Waals surface area contributed by atoms with Crippen molar-refractivity contribution in [2.75, 3.05) is 27.2 Å². The molecule has 0 spiro atoms. The maximum absolute atomic E-state index is 13.5. The van der Waals surface area contributed by atoms with Crippen molar-refractivity contribution < 1.29 is 17.5 Å². The summed E-state index contributed by atoms with van der Waals surface area (Å²) in [7, 11) is -0.505. The van der Waals surface area contributed by atoms with Gasteiger partial charge in [-0.05, 0) is 37.6 Å². The molecule has 1 unspecified atom stereocenters. The zero-order valence-corrected chi connectivity index (χ0v) is 13.1. The van der Waals surface area contributed by atoms with Crippen molar-refractivity contribution in [3.8, 4) is 0 Å². The van der Waals surface area contributed by atoms with E-state index in [0.29, 0.717) is 18.7 Å². The molecule has 0 aliphatic carbocycles. The van der Waals surface area contributed by atoms with Gasteiger partial charge in [0.25, 0.3) is 0 Å². The second-order valence-electron chi connectivity index (χ2n) is 5.20. The maximum atomic E-state index is 13.5. The molecule has 118 valence electrons. The molecule has 1 saturated heterocycles. The highest BCUT2D eigenvalue weighted by molar-refractivity contribution is 7.89. The molecular formula is C14H21FN2O3S. The minimum atomic E-state index is -3.73. The molecule has 0 radical (unpaired) electrons. The molecule has 1 atom stereocenters. The number of hydrogen-bond acceptors (Lipinski definition) is 4. The first kappa shape index (κ1) is 16.4. The number of hydrogen-bond donors (Lipinski definition) is 1. The molecule has 1 aliphatic heterocycles. The van der Waals surface area contributed by atoms with Gasteiger partial charge in [0.1, 0.15) is 5.82 Å². The normalized spacial score (nSPS) is 19.3. The van der Waals surface area contributed by atoms with Crippen molar-refractivity contribution in [3.63, 3.8) is 0 Å². The van der Waals surface area contributed by atoms with Crippen molar-refractivity contribution in [3.05, 3.63) is 29.6 Å². The summed E-state index contributed by atoms with van der Waals surface area (Å²) in [5.41, 5.74) is 0.554. The Labute approximate surface area is 125 Å². The molecule has 0 aromatic heterocycles. The predicted molar refractivity (Wildman–Crippen MR) is 78.0 cm³/mol. The topological polar surface area (TPSA) is 58.6 Å². The Morgan fingerprint density at radius 1 is 1.48 bits per heavy atom. The molecule has 0 bridgehead atoms. The van der Waals surface area contributed by atoms with Crippen LogP contribution in [0.5, 0.6) is 0 Å². The minimum Gasteiger partial charge on any atom is -0.377 e. The summed E-state index contributed by atoms with van der Waals surface area (Å²) in [6.45, 7) is 1.32. The lowest BCUT2D eigenvalue weighted by Gasteiger charge is -2.22. The summed E-state index contributed by atoms with van der Waals surface area (Å²) in [4.78, 5) is 0.0114. The third kappa shape index (κ3) is 3.79. The number of rotatable bonds is 6. The third-order valence-electron chi connectivity index (χ3n) is 3.57. The van der Waals surface area contributed by atoms with Crippen LogP contribution in [0.3, 0.4) is 0 Å². The Morgan fingerprint density at radius 3 is 2.86 bits per heavy atom.